The van der Waals surface area contributed by atoms with Crippen molar-refractivity contribution in [3.05, 3.63) is 64.7 Å². The summed E-state index contributed by atoms with van der Waals surface area (Å²) in [6.45, 7) is 0. The van der Waals surface area contributed by atoms with Gasteiger partial charge < -0.3 is 4.52 Å². The van der Waals surface area contributed by atoms with Gasteiger partial charge in [0.1, 0.15) is 5.69 Å². The summed E-state index contributed by atoms with van der Waals surface area (Å²) in [6.07, 6.45) is 0. The first-order valence-corrected chi connectivity index (χ1v) is 6.76. The summed E-state index contributed by atoms with van der Waals surface area (Å²) in [5, 5.41) is 22.2. The second-order valence-corrected chi connectivity index (χ2v) is 4.98. The van der Waals surface area contributed by atoms with Gasteiger partial charge in [-0.05, 0) is 30.3 Å². The molecule has 0 fully saturated rings. The van der Waals surface area contributed by atoms with Crippen molar-refractivity contribution in [3.8, 4) is 34.7 Å². The average Bonchev–Trinajstić information content (AvgIpc) is 3.04. The van der Waals surface area contributed by atoms with Crippen LogP contribution in [0.15, 0.2) is 53.1 Å². The zero-order chi connectivity index (χ0) is 15.5. The Labute approximate surface area is 131 Å². The first kappa shape index (κ1) is 13.9. The van der Waals surface area contributed by atoms with E-state index in [1.165, 1.54) is 0 Å². The third-order valence-corrected chi connectivity index (χ3v) is 3.47. The normalized spacial score (nSPS) is 9.95. The molecule has 2 aromatic carbocycles. The smallest absolute Gasteiger partial charge is 0.168 e. The van der Waals surface area contributed by atoms with Gasteiger partial charge in [0.15, 0.2) is 5.76 Å². The van der Waals surface area contributed by atoms with Crippen LogP contribution in [0.2, 0.25) is 5.02 Å². The van der Waals surface area contributed by atoms with Crippen LogP contribution in [-0.2, 0) is 0 Å². The molecule has 0 spiro atoms. The fraction of sp³-hybridized carbons (Fsp3) is 0. The van der Waals surface area contributed by atoms with Gasteiger partial charge >= 0.3 is 0 Å². The maximum Gasteiger partial charge on any atom is 0.168 e. The molecular weight excluding hydrogens is 298 g/mol. The highest BCUT2D eigenvalue weighted by Gasteiger charge is 2.12. The van der Waals surface area contributed by atoms with Gasteiger partial charge in [0.2, 0.25) is 0 Å². The van der Waals surface area contributed by atoms with Crippen LogP contribution in [0.1, 0.15) is 11.1 Å². The molecule has 0 unspecified atom stereocenters. The monoisotopic (exact) mass is 305 g/mol. The lowest BCUT2D eigenvalue weighted by atomic mass is 10.1. The standard InChI is InChI=1S/C17H8ClN3O/c18-15-7-12(10-20)4-5-14(15)17-8-16(21-22-17)13-3-1-2-11(6-13)9-19/h1-8H. The van der Waals surface area contributed by atoms with E-state index < -0.39 is 0 Å². The van der Waals surface area contributed by atoms with E-state index in [0.29, 0.717) is 33.2 Å². The largest absolute Gasteiger partial charge is 0.356 e. The van der Waals surface area contributed by atoms with E-state index in [0.717, 1.165) is 5.56 Å². The number of nitriles is 2. The molecular formula is C17H8ClN3O. The minimum absolute atomic E-state index is 0.424. The van der Waals surface area contributed by atoms with E-state index in [2.05, 4.69) is 11.2 Å². The van der Waals surface area contributed by atoms with E-state index in [1.807, 2.05) is 12.1 Å². The van der Waals surface area contributed by atoms with Crippen LogP contribution in [0.5, 0.6) is 0 Å². The molecule has 0 saturated carbocycles. The molecule has 3 aromatic rings. The predicted molar refractivity (Wildman–Crippen MR) is 81.8 cm³/mol. The molecule has 5 heteroatoms. The van der Waals surface area contributed by atoms with Crippen LogP contribution < -0.4 is 0 Å². The van der Waals surface area contributed by atoms with Crippen LogP contribution in [0, 0.1) is 22.7 Å². The van der Waals surface area contributed by atoms with Crippen molar-refractivity contribution < 1.29 is 4.52 Å². The highest BCUT2D eigenvalue weighted by atomic mass is 35.5. The molecule has 1 aromatic heterocycles. The van der Waals surface area contributed by atoms with E-state index >= 15 is 0 Å². The van der Waals surface area contributed by atoms with E-state index in [1.54, 1.807) is 42.5 Å². The van der Waals surface area contributed by atoms with Gasteiger partial charge in [-0.15, -0.1) is 0 Å². The Morgan fingerprint density at radius 1 is 0.955 bits per heavy atom. The minimum atomic E-state index is 0.424. The summed E-state index contributed by atoms with van der Waals surface area (Å²) in [6, 6.07) is 17.9. The molecule has 0 saturated heterocycles. The lowest BCUT2D eigenvalue weighted by Gasteiger charge is -1.99. The van der Waals surface area contributed by atoms with Crippen molar-refractivity contribution in [1.29, 1.82) is 10.5 Å². The van der Waals surface area contributed by atoms with Gasteiger partial charge in [-0.3, -0.25) is 0 Å². The Kier molecular flexibility index (Phi) is 3.62. The summed E-state index contributed by atoms with van der Waals surface area (Å²) < 4.78 is 5.33. The molecule has 0 radical (unpaired) electrons. The zero-order valence-electron chi connectivity index (χ0n) is 11.2. The molecule has 1 heterocycles. The van der Waals surface area contributed by atoms with Crippen molar-refractivity contribution in [2.24, 2.45) is 0 Å². The number of hydrogen-bond acceptors (Lipinski definition) is 4. The maximum atomic E-state index is 8.94. The van der Waals surface area contributed by atoms with E-state index in [4.69, 9.17) is 26.6 Å². The average molecular weight is 306 g/mol. The fourth-order valence-corrected chi connectivity index (χ4v) is 2.34. The number of nitrogens with zero attached hydrogens (tertiary/aromatic N) is 3. The van der Waals surface area contributed by atoms with Crippen LogP contribution in [-0.4, -0.2) is 5.16 Å². The summed E-state index contributed by atoms with van der Waals surface area (Å²) in [5.74, 6) is 0.506. The van der Waals surface area contributed by atoms with Crippen LogP contribution >= 0.6 is 11.6 Å². The highest BCUT2D eigenvalue weighted by Crippen LogP contribution is 2.31. The molecule has 0 aliphatic rings. The highest BCUT2D eigenvalue weighted by molar-refractivity contribution is 6.33. The van der Waals surface area contributed by atoms with Crippen LogP contribution in [0.25, 0.3) is 22.6 Å². The van der Waals surface area contributed by atoms with Gasteiger partial charge in [0, 0.05) is 17.2 Å². The molecule has 22 heavy (non-hydrogen) atoms. The minimum Gasteiger partial charge on any atom is -0.356 e. The fourth-order valence-electron chi connectivity index (χ4n) is 2.07. The number of halogens is 1. The van der Waals surface area contributed by atoms with Gasteiger partial charge in [-0.25, -0.2) is 0 Å². The van der Waals surface area contributed by atoms with E-state index in [9.17, 15) is 0 Å². The van der Waals surface area contributed by atoms with Crippen molar-refractivity contribution in [2.75, 3.05) is 0 Å². The van der Waals surface area contributed by atoms with Crippen molar-refractivity contribution in [3.63, 3.8) is 0 Å². The third kappa shape index (κ3) is 2.56. The molecule has 3 rings (SSSR count). The Bertz CT molecular complexity index is 932. The molecule has 4 nitrogen and oxygen atoms in total. The summed E-state index contributed by atoms with van der Waals surface area (Å²) >= 11 is 6.16. The Hall–Kier alpha value is -3.08. The first-order chi connectivity index (χ1) is 10.7. The van der Waals surface area contributed by atoms with Gasteiger partial charge in [0.05, 0.1) is 28.3 Å². The molecule has 104 valence electrons. The molecule has 0 aliphatic carbocycles. The number of rotatable bonds is 2. The van der Waals surface area contributed by atoms with Crippen molar-refractivity contribution in [2.45, 2.75) is 0 Å². The third-order valence-electron chi connectivity index (χ3n) is 3.16. The zero-order valence-corrected chi connectivity index (χ0v) is 12.0. The number of aromatic nitrogens is 1. The van der Waals surface area contributed by atoms with Crippen molar-refractivity contribution >= 4 is 11.6 Å². The SMILES string of the molecule is N#Cc1cccc(-c2cc(-c3ccc(C#N)cc3Cl)on2)c1. The predicted octanol–water partition coefficient (Wildman–Crippen LogP) is 4.41. The van der Waals surface area contributed by atoms with Crippen LogP contribution in [0.3, 0.4) is 0 Å². The van der Waals surface area contributed by atoms with Gasteiger partial charge in [0.25, 0.3) is 0 Å². The van der Waals surface area contributed by atoms with Gasteiger partial charge in [-0.1, -0.05) is 28.9 Å². The van der Waals surface area contributed by atoms with Crippen molar-refractivity contribution in [1.82, 2.24) is 5.16 Å². The molecule has 0 atom stereocenters. The molecule has 0 aliphatic heterocycles. The Morgan fingerprint density at radius 3 is 2.45 bits per heavy atom. The molecule has 0 amide bonds. The number of benzene rings is 2. The van der Waals surface area contributed by atoms with Crippen LogP contribution in [0.4, 0.5) is 0 Å². The second kappa shape index (κ2) is 5.73. The second-order valence-electron chi connectivity index (χ2n) is 4.58. The van der Waals surface area contributed by atoms with E-state index in [-0.39, 0.29) is 0 Å². The summed E-state index contributed by atoms with van der Waals surface area (Å²) in [4.78, 5) is 0. The maximum absolute atomic E-state index is 8.94. The Morgan fingerprint density at radius 2 is 1.73 bits per heavy atom. The molecule has 0 bridgehead atoms. The quantitative estimate of drug-likeness (QED) is 0.703. The van der Waals surface area contributed by atoms with Gasteiger partial charge in [-0.2, -0.15) is 10.5 Å². The number of hydrogen-bond donors (Lipinski definition) is 0. The lowest BCUT2D eigenvalue weighted by Crippen LogP contribution is -1.80. The Balaban J connectivity index is 2.01. The lowest BCUT2D eigenvalue weighted by molar-refractivity contribution is 0.435. The molecule has 0 N–H and O–H groups in total. The first-order valence-electron chi connectivity index (χ1n) is 6.38. The topological polar surface area (TPSA) is 73.6 Å². The summed E-state index contributed by atoms with van der Waals surface area (Å²) in [5.41, 5.74) is 3.11. The summed E-state index contributed by atoms with van der Waals surface area (Å²) in [7, 11) is 0.